The van der Waals surface area contributed by atoms with Gasteiger partial charge in [0.25, 0.3) is 0 Å². The SMILES string of the molecule is CN=C(NCCS(=O)(=O)Cc1ccccc1)N1CC2CCCCC2C1. The molecule has 3 rings (SSSR count). The van der Waals surface area contributed by atoms with Crippen molar-refractivity contribution in [1.29, 1.82) is 0 Å². The monoisotopic (exact) mass is 363 g/mol. The van der Waals surface area contributed by atoms with E-state index in [2.05, 4.69) is 15.2 Å². The van der Waals surface area contributed by atoms with Gasteiger partial charge >= 0.3 is 0 Å². The van der Waals surface area contributed by atoms with E-state index in [1.165, 1.54) is 25.7 Å². The lowest BCUT2D eigenvalue weighted by atomic mass is 9.82. The number of aliphatic imine (C=N–C) groups is 1. The minimum Gasteiger partial charge on any atom is -0.355 e. The Morgan fingerprint density at radius 3 is 2.40 bits per heavy atom. The van der Waals surface area contributed by atoms with Gasteiger partial charge < -0.3 is 10.2 Å². The normalized spacial score (nSPS) is 24.2. The molecule has 0 spiro atoms. The molecular formula is C19H29N3O2S. The Kier molecular flexibility index (Phi) is 5.99. The van der Waals surface area contributed by atoms with Crippen molar-refractivity contribution in [3.63, 3.8) is 0 Å². The molecule has 6 heteroatoms. The highest BCUT2D eigenvalue weighted by Gasteiger charge is 2.35. The summed E-state index contributed by atoms with van der Waals surface area (Å²) in [6.07, 6.45) is 5.34. The number of rotatable bonds is 5. The average molecular weight is 364 g/mol. The van der Waals surface area contributed by atoms with E-state index in [4.69, 9.17) is 0 Å². The molecule has 25 heavy (non-hydrogen) atoms. The summed E-state index contributed by atoms with van der Waals surface area (Å²) in [5.41, 5.74) is 0.843. The van der Waals surface area contributed by atoms with Crippen LogP contribution in [0.25, 0.3) is 0 Å². The van der Waals surface area contributed by atoms with Crippen molar-refractivity contribution in [2.24, 2.45) is 16.8 Å². The minimum atomic E-state index is -3.12. The van der Waals surface area contributed by atoms with E-state index in [0.29, 0.717) is 6.54 Å². The van der Waals surface area contributed by atoms with Crippen LogP contribution < -0.4 is 5.32 Å². The molecule has 1 saturated heterocycles. The van der Waals surface area contributed by atoms with E-state index >= 15 is 0 Å². The number of nitrogens with zero attached hydrogens (tertiary/aromatic N) is 2. The summed E-state index contributed by atoms with van der Waals surface area (Å²) in [5.74, 6) is 2.65. The first-order chi connectivity index (χ1) is 12.1. The van der Waals surface area contributed by atoms with Gasteiger partial charge in [-0.05, 0) is 30.2 Å². The minimum absolute atomic E-state index is 0.0992. The third kappa shape index (κ3) is 4.97. The number of benzene rings is 1. The predicted molar refractivity (Wildman–Crippen MR) is 102 cm³/mol. The maximum absolute atomic E-state index is 12.3. The molecule has 0 aromatic heterocycles. The van der Waals surface area contributed by atoms with E-state index in [1.807, 2.05) is 30.3 Å². The molecule has 1 aliphatic carbocycles. The fourth-order valence-corrected chi connectivity index (χ4v) is 5.39. The summed E-state index contributed by atoms with van der Waals surface area (Å²) in [6, 6.07) is 9.36. The van der Waals surface area contributed by atoms with Crippen molar-refractivity contribution in [2.45, 2.75) is 31.4 Å². The lowest BCUT2D eigenvalue weighted by Crippen LogP contribution is -2.42. The van der Waals surface area contributed by atoms with Crippen LogP contribution in [0.15, 0.2) is 35.3 Å². The maximum atomic E-state index is 12.3. The Balaban J connectivity index is 1.48. The number of nitrogens with one attached hydrogen (secondary N) is 1. The highest BCUT2D eigenvalue weighted by atomic mass is 32.2. The Morgan fingerprint density at radius 2 is 1.80 bits per heavy atom. The van der Waals surface area contributed by atoms with Crippen LogP contribution in [0.5, 0.6) is 0 Å². The molecule has 1 heterocycles. The molecule has 1 aromatic carbocycles. The van der Waals surface area contributed by atoms with Crippen LogP contribution in [-0.4, -0.2) is 51.7 Å². The fraction of sp³-hybridized carbons (Fsp3) is 0.632. The average Bonchev–Trinajstić information content (AvgIpc) is 3.03. The Morgan fingerprint density at radius 1 is 1.16 bits per heavy atom. The summed E-state index contributed by atoms with van der Waals surface area (Å²) >= 11 is 0. The van der Waals surface area contributed by atoms with Gasteiger partial charge in [0.15, 0.2) is 15.8 Å². The van der Waals surface area contributed by atoms with Crippen LogP contribution >= 0.6 is 0 Å². The van der Waals surface area contributed by atoms with Crippen molar-refractivity contribution in [3.05, 3.63) is 35.9 Å². The molecular weight excluding hydrogens is 334 g/mol. The fourth-order valence-electron chi connectivity index (χ4n) is 4.13. The second-order valence-corrected chi connectivity index (χ2v) is 9.45. The molecule has 2 unspecified atom stereocenters. The number of sulfone groups is 1. The van der Waals surface area contributed by atoms with Crippen molar-refractivity contribution >= 4 is 15.8 Å². The number of hydrogen-bond acceptors (Lipinski definition) is 3. The summed E-state index contributed by atoms with van der Waals surface area (Å²) in [5, 5.41) is 3.26. The summed E-state index contributed by atoms with van der Waals surface area (Å²) in [4.78, 5) is 6.68. The number of hydrogen-bond donors (Lipinski definition) is 1. The first kappa shape index (κ1) is 18.2. The molecule has 0 bridgehead atoms. The lowest BCUT2D eigenvalue weighted by Gasteiger charge is -2.22. The Labute approximate surface area is 151 Å². The van der Waals surface area contributed by atoms with Gasteiger partial charge in [-0.3, -0.25) is 4.99 Å². The third-order valence-electron chi connectivity index (χ3n) is 5.41. The molecule has 2 fully saturated rings. The molecule has 138 valence electrons. The highest BCUT2D eigenvalue weighted by Crippen LogP contribution is 2.35. The number of fused-ring (bicyclic) bond motifs is 1. The van der Waals surface area contributed by atoms with Crippen LogP contribution in [0, 0.1) is 11.8 Å². The molecule has 1 aromatic rings. The van der Waals surface area contributed by atoms with E-state index in [1.54, 1.807) is 7.05 Å². The van der Waals surface area contributed by atoms with Crippen LogP contribution in [0.3, 0.4) is 0 Å². The Bertz CT molecular complexity index is 674. The first-order valence-corrected chi connectivity index (χ1v) is 11.1. The second-order valence-electron chi connectivity index (χ2n) is 7.26. The van der Waals surface area contributed by atoms with E-state index < -0.39 is 9.84 Å². The summed E-state index contributed by atoms with van der Waals surface area (Å²) < 4.78 is 24.6. The third-order valence-corrected chi connectivity index (χ3v) is 7.01. The Hall–Kier alpha value is -1.56. The molecule has 1 aliphatic heterocycles. The van der Waals surface area contributed by atoms with Crippen LogP contribution in [0.4, 0.5) is 0 Å². The molecule has 2 atom stereocenters. The van der Waals surface area contributed by atoms with Gasteiger partial charge in [-0.2, -0.15) is 0 Å². The van der Waals surface area contributed by atoms with Gasteiger partial charge in [0.1, 0.15) is 0 Å². The van der Waals surface area contributed by atoms with Gasteiger partial charge in [-0.15, -0.1) is 0 Å². The topological polar surface area (TPSA) is 61.8 Å². The second kappa shape index (κ2) is 8.21. The highest BCUT2D eigenvalue weighted by molar-refractivity contribution is 7.90. The van der Waals surface area contributed by atoms with E-state index in [0.717, 1.165) is 36.4 Å². The molecule has 0 radical (unpaired) electrons. The molecule has 0 amide bonds. The quantitative estimate of drug-likeness (QED) is 0.644. The number of likely N-dealkylation sites (tertiary alicyclic amines) is 1. The zero-order valence-electron chi connectivity index (χ0n) is 15.0. The molecule has 2 aliphatic rings. The van der Waals surface area contributed by atoms with Crippen molar-refractivity contribution in [2.75, 3.05) is 32.4 Å². The van der Waals surface area contributed by atoms with Gasteiger partial charge in [0, 0.05) is 26.7 Å². The van der Waals surface area contributed by atoms with Gasteiger partial charge in [-0.1, -0.05) is 43.2 Å². The first-order valence-electron chi connectivity index (χ1n) is 9.27. The largest absolute Gasteiger partial charge is 0.355 e. The lowest BCUT2D eigenvalue weighted by molar-refractivity contribution is 0.299. The van der Waals surface area contributed by atoms with Gasteiger partial charge in [-0.25, -0.2) is 8.42 Å². The molecule has 1 saturated carbocycles. The number of guanidine groups is 1. The predicted octanol–water partition coefficient (Wildman–Crippen LogP) is 2.30. The van der Waals surface area contributed by atoms with Crippen molar-refractivity contribution in [3.8, 4) is 0 Å². The smallest absolute Gasteiger partial charge is 0.193 e. The van der Waals surface area contributed by atoms with Gasteiger partial charge in [0.05, 0.1) is 11.5 Å². The maximum Gasteiger partial charge on any atom is 0.193 e. The molecule has 5 nitrogen and oxygen atoms in total. The van der Waals surface area contributed by atoms with E-state index in [9.17, 15) is 8.42 Å². The summed E-state index contributed by atoms with van der Waals surface area (Å²) in [6.45, 7) is 2.52. The van der Waals surface area contributed by atoms with Crippen LogP contribution in [0.2, 0.25) is 0 Å². The summed E-state index contributed by atoms with van der Waals surface area (Å²) in [7, 11) is -1.34. The van der Waals surface area contributed by atoms with Crippen LogP contribution in [0.1, 0.15) is 31.2 Å². The van der Waals surface area contributed by atoms with E-state index in [-0.39, 0.29) is 11.5 Å². The zero-order chi connectivity index (χ0) is 17.7. The zero-order valence-corrected chi connectivity index (χ0v) is 15.8. The standard InChI is InChI=1S/C19H29N3O2S/c1-20-19(22-13-17-9-5-6-10-18(17)14-22)21-11-12-25(23,24)15-16-7-3-2-4-8-16/h2-4,7-8,17-18H,5-6,9-15H2,1H3,(H,20,21). The van der Waals surface area contributed by atoms with Crippen LogP contribution in [-0.2, 0) is 15.6 Å². The van der Waals surface area contributed by atoms with Gasteiger partial charge in [0.2, 0.25) is 0 Å². The van der Waals surface area contributed by atoms with Crippen molar-refractivity contribution < 1.29 is 8.42 Å². The van der Waals surface area contributed by atoms with Crippen molar-refractivity contribution in [1.82, 2.24) is 10.2 Å². The molecule has 1 N–H and O–H groups in total.